The molecule has 0 aliphatic carbocycles. The average Bonchev–Trinajstić information content (AvgIpc) is 2.76. The second-order valence-electron chi connectivity index (χ2n) is 3.40. The summed E-state index contributed by atoms with van der Waals surface area (Å²) in [4.78, 5) is 0. The molecule has 2 heterocycles. The quantitative estimate of drug-likeness (QED) is 0.766. The standard InChI is InChI=1S/C8H12N6S/c1-6(2)12-14-7(10-11-8(14)15)13-5-3-4-9-13/h3-6,12H,1-2H3,(H,11,15). The van der Waals surface area contributed by atoms with Crippen LogP contribution >= 0.6 is 12.2 Å². The van der Waals surface area contributed by atoms with Gasteiger partial charge in [-0.3, -0.25) is 0 Å². The zero-order valence-electron chi connectivity index (χ0n) is 8.51. The van der Waals surface area contributed by atoms with Crippen LogP contribution in [-0.4, -0.2) is 30.7 Å². The van der Waals surface area contributed by atoms with Gasteiger partial charge in [0.05, 0.1) is 0 Å². The minimum Gasteiger partial charge on any atom is -0.318 e. The molecular weight excluding hydrogens is 212 g/mol. The van der Waals surface area contributed by atoms with E-state index in [9.17, 15) is 0 Å². The Hall–Kier alpha value is -1.63. The van der Waals surface area contributed by atoms with Crippen molar-refractivity contribution in [2.75, 3.05) is 5.43 Å². The van der Waals surface area contributed by atoms with Gasteiger partial charge in [-0.05, 0) is 32.1 Å². The molecule has 0 bridgehead atoms. The lowest BCUT2D eigenvalue weighted by Gasteiger charge is -2.12. The van der Waals surface area contributed by atoms with Gasteiger partial charge < -0.3 is 5.43 Å². The highest BCUT2D eigenvalue weighted by molar-refractivity contribution is 7.71. The third-order valence-electron chi connectivity index (χ3n) is 1.75. The van der Waals surface area contributed by atoms with Crippen LogP contribution in [0.5, 0.6) is 0 Å². The Bertz CT molecular complexity index is 479. The highest BCUT2D eigenvalue weighted by Gasteiger charge is 2.08. The largest absolute Gasteiger partial charge is 0.318 e. The lowest BCUT2D eigenvalue weighted by molar-refractivity contribution is 0.682. The number of hydrogen-bond acceptors (Lipinski definition) is 4. The number of aromatic amines is 1. The molecule has 2 aromatic rings. The molecule has 80 valence electrons. The second kappa shape index (κ2) is 3.85. The van der Waals surface area contributed by atoms with E-state index in [-0.39, 0.29) is 6.04 Å². The van der Waals surface area contributed by atoms with Crippen LogP contribution in [0.15, 0.2) is 18.5 Å². The van der Waals surface area contributed by atoms with Crippen molar-refractivity contribution in [1.82, 2.24) is 24.7 Å². The Labute approximate surface area is 91.9 Å². The Kier molecular flexibility index (Phi) is 2.55. The smallest absolute Gasteiger partial charge is 0.269 e. The molecule has 0 saturated heterocycles. The van der Waals surface area contributed by atoms with Crippen molar-refractivity contribution in [3.63, 3.8) is 0 Å². The summed E-state index contributed by atoms with van der Waals surface area (Å²) in [5.41, 5.74) is 3.17. The number of nitrogens with zero attached hydrogens (tertiary/aromatic N) is 4. The van der Waals surface area contributed by atoms with E-state index >= 15 is 0 Å². The molecule has 6 nitrogen and oxygen atoms in total. The molecule has 0 fully saturated rings. The molecule has 0 aliphatic rings. The van der Waals surface area contributed by atoms with Gasteiger partial charge in [-0.2, -0.15) is 9.77 Å². The molecule has 7 heteroatoms. The number of nitrogens with one attached hydrogen (secondary N) is 2. The van der Waals surface area contributed by atoms with Gasteiger partial charge in [-0.25, -0.2) is 9.78 Å². The monoisotopic (exact) mass is 224 g/mol. The van der Waals surface area contributed by atoms with E-state index in [0.29, 0.717) is 10.7 Å². The zero-order chi connectivity index (χ0) is 10.8. The summed E-state index contributed by atoms with van der Waals surface area (Å²) in [6.45, 7) is 4.06. The van der Waals surface area contributed by atoms with Gasteiger partial charge in [-0.1, -0.05) is 0 Å². The zero-order valence-corrected chi connectivity index (χ0v) is 9.32. The average molecular weight is 224 g/mol. The van der Waals surface area contributed by atoms with Crippen LogP contribution in [0.2, 0.25) is 0 Å². The summed E-state index contributed by atoms with van der Waals surface area (Å²) in [6, 6.07) is 2.10. The highest BCUT2D eigenvalue weighted by Crippen LogP contribution is 2.01. The van der Waals surface area contributed by atoms with Crippen LogP contribution in [0.3, 0.4) is 0 Å². The lowest BCUT2D eigenvalue weighted by atomic mass is 10.4. The minimum absolute atomic E-state index is 0.267. The Morgan fingerprint density at radius 2 is 2.33 bits per heavy atom. The van der Waals surface area contributed by atoms with Gasteiger partial charge in [0.15, 0.2) is 0 Å². The van der Waals surface area contributed by atoms with Gasteiger partial charge in [0.25, 0.3) is 5.95 Å². The molecule has 2 aromatic heterocycles. The van der Waals surface area contributed by atoms with Crippen molar-refractivity contribution < 1.29 is 0 Å². The van der Waals surface area contributed by atoms with Crippen molar-refractivity contribution >= 4 is 12.2 Å². The summed E-state index contributed by atoms with van der Waals surface area (Å²) in [5, 5.41) is 10.9. The van der Waals surface area contributed by atoms with Crippen molar-refractivity contribution in [3.05, 3.63) is 23.2 Å². The van der Waals surface area contributed by atoms with E-state index in [4.69, 9.17) is 12.2 Å². The first-order valence-electron chi connectivity index (χ1n) is 4.62. The first kappa shape index (κ1) is 9.91. The molecule has 0 saturated carbocycles. The van der Waals surface area contributed by atoms with Crippen LogP contribution in [0, 0.1) is 4.77 Å². The fourth-order valence-corrected chi connectivity index (χ4v) is 1.38. The molecule has 0 atom stereocenters. The van der Waals surface area contributed by atoms with Crippen molar-refractivity contribution in [3.8, 4) is 5.95 Å². The summed E-state index contributed by atoms with van der Waals surface area (Å²) in [7, 11) is 0. The van der Waals surface area contributed by atoms with E-state index in [2.05, 4.69) is 20.7 Å². The van der Waals surface area contributed by atoms with E-state index < -0.39 is 0 Å². The fourth-order valence-electron chi connectivity index (χ4n) is 1.20. The Morgan fingerprint density at radius 1 is 1.53 bits per heavy atom. The van der Waals surface area contributed by atoms with Gasteiger partial charge in [0.2, 0.25) is 4.77 Å². The fraction of sp³-hybridized carbons (Fsp3) is 0.375. The minimum atomic E-state index is 0.267. The van der Waals surface area contributed by atoms with Gasteiger partial charge >= 0.3 is 0 Å². The van der Waals surface area contributed by atoms with Crippen LogP contribution in [0.25, 0.3) is 5.95 Å². The maximum absolute atomic E-state index is 5.11. The predicted molar refractivity (Wildman–Crippen MR) is 59.0 cm³/mol. The van der Waals surface area contributed by atoms with Crippen molar-refractivity contribution in [1.29, 1.82) is 0 Å². The van der Waals surface area contributed by atoms with Crippen LogP contribution < -0.4 is 5.43 Å². The summed E-state index contributed by atoms with van der Waals surface area (Å²) < 4.78 is 3.86. The third kappa shape index (κ3) is 1.91. The molecule has 0 spiro atoms. The number of aromatic nitrogens is 5. The molecule has 0 radical (unpaired) electrons. The number of H-pyrrole nitrogens is 1. The van der Waals surface area contributed by atoms with E-state index in [1.54, 1.807) is 15.6 Å². The van der Waals surface area contributed by atoms with E-state index in [1.807, 2.05) is 26.1 Å². The number of hydrogen-bond donors (Lipinski definition) is 2. The maximum atomic E-state index is 5.11. The molecule has 0 unspecified atom stereocenters. The van der Waals surface area contributed by atoms with Gasteiger partial charge in [0.1, 0.15) is 0 Å². The SMILES string of the molecule is CC(C)Nn1c(-n2cccn2)n[nH]c1=S. The van der Waals surface area contributed by atoms with Crippen LogP contribution in [-0.2, 0) is 0 Å². The van der Waals surface area contributed by atoms with Crippen LogP contribution in [0.1, 0.15) is 13.8 Å². The molecule has 2 N–H and O–H groups in total. The van der Waals surface area contributed by atoms with E-state index in [1.165, 1.54) is 0 Å². The molecule has 0 amide bonds. The van der Waals surface area contributed by atoms with Crippen LogP contribution in [0.4, 0.5) is 0 Å². The second-order valence-corrected chi connectivity index (χ2v) is 3.79. The number of rotatable bonds is 3. The van der Waals surface area contributed by atoms with Crippen molar-refractivity contribution in [2.24, 2.45) is 0 Å². The molecular formula is C8H12N6S. The van der Waals surface area contributed by atoms with Crippen molar-refractivity contribution in [2.45, 2.75) is 19.9 Å². The Morgan fingerprint density at radius 3 is 2.93 bits per heavy atom. The molecule has 2 rings (SSSR count). The highest BCUT2D eigenvalue weighted by atomic mass is 32.1. The summed E-state index contributed by atoms with van der Waals surface area (Å²) >= 11 is 5.11. The lowest BCUT2D eigenvalue weighted by Crippen LogP contribution is -2.25. The topological polar surface area (TPSA) is 63.5 Å². The first-order chi connectivity index (χ1) is 7.18. The molecule has 15 heavy (non-hydrogen) atoms. The Balaban J connectivity index is 2.45. The molecule has 0 aromatic carbocycles. The summed E-state index contributed by atoms with van der Waals surface area (Å²) in [6.07, 6.45) is 3.50. The predicted octanol–water partition coefficient (Wildman–Crippen LogP) is 1.08. The third-order valence-corrected chi connectivity index (χ3v) is 2.03. The van der Waals surface area contributed by atoms with Gasteiger partial charge in [-0.15, -0.1) is 5.10 Å². The normalized spacial score (nSPS) is 10.9. The molecule has 0 aliphatic heterocycles. The maximum Gasteiger partial charge on any atom is 0.269 e. The van der Waals surface area contributed by atoms with Gasteiger partial charge in [0, 0.05) is 18.4 Å². The first-order valence-corrected chi connectivity index (χ1v) is 5.03. The van der Waals surface area contributed by atoms with E-state index in [0.717, 1.165) is 0 Å². The summed E-state index contributed by atoms with van der Waals surface area (Å²) in [5.74, 6) is 0.624.